The number of urea groups is 1. The summed E-state index contributed by atoms with van der Waals surface area (Å²) in [6, 6.07) is -0.714. The first-order valence-electron chi connectivity index (χ1n) is 6.40. The average molecular weight is 298 g/mol. The summed E-state index contributed by atoms with van der Waals surface area (Å²) in [6.45, 7) is 3.49. The van der Waals surface area contributed by atoms with Gasteiger partial charge in [-0.15, -0.1) is 0 Å². The van der Waals surface area contributed by atoms with Crippen molar-refractivity contribution in [1.29, 1.82) is 0 Å². The smallest absolute Gasteiger partial charge is 0.390 e. The Balaban J connectivity index is 4.01. The number of hydrogen-bond donors (Lipinski definition) is 3. The summed E-state index contributed by atoms with van der Waals surface area (Å²) in [5.41, 5.74) is 0. The van der Waals surface area contributed by atoms with Gasteiger partial charge in [0.05, 0.1) is 6.42 Å². The van der Waals surface area contributed by atoms with Crippen molar-refractivity contribution >= 4 is 12.0 Å². The molecule has 5 nitrogen and oxygen atoms in total. The molecule has 1 atom stereocenters. The Kier molecular flexibility index (Phi) is 8.02. The van der Waals surface area contributed by atoms with Gasteiger partial charge >= 0.3 is 18.2 Å². The van der Waals surface area contributed by atoms with Crippen LogP contribution >= 0.6 is 0 Å². The van der Waals surface area contributed by atoms with E-state index in [1.807, 2.05) is 13.8 Å². The summed E-state index contributed by atoms with van der Waals surface area (Å²) < 4.78 is 35.6. The minimum absolute atomic E-state index is 0.0823. The van der Waals surface area contributed by atoms with Gasteiger partial charge < -0.3 is 15.7 Å². The second kappa shape index (κ2) is 8.65. The lowest BCUT2D eigenvalue weighted by molar-refractivity contribution is -0.138. The quantitative estimate of drug-likeness (QED) is 0.643. The fraction of sp³-hybridized carbons (Fsp3) is 0.833. The second-order valence-electron chi connectivity index (χ2n) is 5.10. The average Bonchev–Trinajstić information content (AvgIpc) is 2.22. The Bertz CT molecular complexity index is 320. The molecule has 1 unspecified atom stereocenters. The van der Waals surface area contributed by atoms with Gasteiger partial charge in [0.25, 0.3) is 0 Å². The second-order valence-corrected chi connectivity index (χ2v) is 5.10. The van der Waals surface area contributed by atoms with Crippen LogP contribution < -0.4 is 10.6 Å². The van der Waals surface area contributed by atoms with Crippen molar-refractivity contribution in [2.24, 2.45) is 11.8 Å². The molecule has 0 fully saturated rings. The molecule has 118 valence electrons. The summed E-state index contributed by atoms with van der Waals surface area (Å²) in [5.74, 6) is -0.926. The van der Waals surface area contributed by atoms with Crippen molar-refractivity contribution in [3.63, 3.8) is 0 Å². The molecular formula is C12H21F3N2O3. The van der Waals surface area contributed by atoms with E-state index in [1.54, 1.807) is 0 Å². The normalized spacial score (nSPS) is 13.1. The molecule has 0 saturated carbocycles. The lowest BCUT2D eigenvalue weighted by atomic mass is 9.94. The maximum atomic E-state index is 11.9. The maximum Gasteiger partial charge on any atom is 0.390 e. The number of amides is 2. The van der Waals surface area contributed by atoms with Crippen molar-refractivity contribution in [3.8, 4) is 0 Å². The third-order valence-corrected chi connectivity index (χ3v) is 2.51. The van der Waals surface area contributed by atoms with Crippen LogP contribution in [0.4, 0.5) is 18.0 Å². The number of nitrogens with one attached hydrogen (secondary N) is 2. The van der Waals surface area contributed by atoms with Gasteiger partial charge in [0.15, 0.2) is 0 Å². The summed E-state index contributed by atoms with van der Waals surface area (Å²) >= 11 is 0. The first-order valence-corrected chi connectivity index (χ1v) is 6.40. The lowest BCUT2D eigenvalue weighted by Gasteiger charge is -2.18. The van der Waals surface area contributed by atoms with Crippen molar-refractivity contribution in [2.75, 3.05) is 13.1 Å². The molecular weight excluding hydrogens is 277 g/mol. The van der Waals surface area contributed by atoms with Crippen LogP contribution in [0.2, 0.25) is 0 Å². The summed E-state index contributed by atoms with van der Waals surface area (Å²) in [4.78, 5) is 21.9. The fourth-order valence-corrected chi connectivity index (χ4v) is 1.77. The number of halogens is 3. The molecule has 0 heterocycles. The topological polar surface area (TPSA) is 78.4 Å². The zero-order valence-corrected chi connectivity index (χ0v) is 11.6. The number of alkyl halides is 3. The Morgan fingerprint density at radius 3 is 2.25 bits per heavy atom. The standard InChI is InChI=1S/C12H21F3N2O3/c1-8(2)5-9(6-10(18)19)7-17-11(20)16-4-3-12(13,14)15/h8-9H,3-7H2,1-2H3,(H,18,19)(H2,16,17,20). The highest BCUT2D eigenvalue weighted by Gasteiger charge is 2.26. The summed E-state index contributed by atoms with van der Waals surface area (Å²) in [7, 11) is 0. The van der Waals surface area contributed by atoms with Crippen molar-refractivity contribution in [2.45, 2.75) is 39.3 Å². The molecule has 0 aliphatic carbocycles. The molecule has 0 aliphatic rings. The molecule has 0 saturated heterocycles. The van der Waals surface area contributed by atoms with Crippen LogP contribution in [0.5, 0.6) is 0 Å². The lowest BCUT2D eigenvalue weighted by Crippen LogP contribution is -2.40. The Hall–Kier alpha value is -1.47. The van der Waals surface area contributed by atoms with Crippen LogP contribution in [-0.4, -0.2) is 36.4 Å². The van der Waals surface area contributed by atoms with Crippen LogP contribution in [0.15, 0.2) is 0 Å². The predicted octanol–water partition coefficient (Wildman–Crippen LogP) is 2.38. The van der Waals surface area contributed by atoms with Gasteiger partial charge in [-0.05, 0) is 18.3 Å². The summed E-state index contributed by atoms with van der Waals surface area (Å²) in [6.07, 6.45) is -4.86. The monoisotopic (exact) mass is 298 g/mol. The number of rotatable bonds is 8. The van der Waals surface area contributed by atoms with E-state index in [9.17, 15) is 22.8 Å². The molecule has 0 aromatic rings. The van der Waals surface area contributed by atoms with E-state index >= 15 is 0 Å². The number of carboxylic acids is 1. The molecule has 0 aliphatic heterocycles. The number of carboxylic acid groups (broad SMARTS) is 1. The highest BCUT2D eigenvalue weighted by molar-refractivity contribution is 5.74. The number of carbonyl (C=O) groups excluding carboxylic acids is 1. The van der Waals surface area contributed by atoms with Gasteiger partial charge in [-0.25, -0.2) is 4.79 Å². The SMILES string of the molecule is CC(C)CC(CNC(=O)NCCC(F)(F)F)CC(=O)O. The maximum absolute atomic E-state index is 11.9. The van der Waals surface area contributed by atoms with Crippen molar-refractivity contribution < 1.29 is 27.9 Å². The minimum atomic E-state index is -4.31. The number of aliphatic carboxylic acids is 1. The Morgan fingerprint density at radius 1 is 1.20 bits per heavy atom. The van der Waals surface area contributed by atoms with Crippen LogP contribution in [0.3, 0.4) is 0 Å². The third-order valence-electron chi connectivity index (χ3n) is 2.51. The molecule has 0 aromatic carbocycles. The van der Waals surface area contributed by atoms with Crippen LogP contribution in [-0.2, 0) is 4.79 Å². The largest absolute Gasteiger partial charge is 0.481 e. The van der Waals surface area contributed by atoms with Gasteiger partial charge in [0.1, 0.15) is 0 Å². The van der Waals surface area contributed by atoms with E-state index in [0.717, 1.165) is 0 Å². The molecule has 0 aromatic heterocycles. The van der Waals surface area contributed by atoms with Gasteiger partial charge in [0.2, 0.25) is 0 Å². The molecule has 0 rings (SSSR count). The van der Waals surface area contributed by atoms with E-state index in [-0.39, 0.29) is 24.8 Å². The van der Waals surface area contributed by atoms with Gasteiger partial charge in [-0.2, -0.15) is 13.2 Å². The predicted molar refractivity (Wildman–Crippen MR) is 67.3 cm³/mol. The first kappa shape index (κ1) is 18.5. The van der Waals surface area contributed by atoms with Crippen molar-refractivity contribution in [3.05, 3.63) is 0 Å². The summed E-state index contributed by atoms with van der Waals surface area (Å²) in [5, 5.41) is 13.2. The number of hydrogen-bond acceptors (Lipinski definition) is 2. The Morgan fingerprint density at radius 2 is 1.80 bits per heavy atom. The van der Waals surface area contributed by atoms with E-state index in [4.69, 9.17) is 5.11 Å². The van der Waals surface area contributed by atoms with Gasteiger partial charge in [-0.3, -0.25) is 4.79 Å². The third kappa shape index (κ3) is 11.6. The Labute approximate surface area is 115 Å². The van der Waals surface area contributed by atoms with Crippen LogP contribution in [0.1, 0.15) is 33.1 Å². The highest BCUT2D eigenvalue weighted by atomic mass is 19.4. The fourth-order valence-electron chi connectivity index (χ4n) is 1.77. The molecule has 0 radical (unpaired) electrons. The minimum Gasteiger partial charge on any atom is -0.481 e. The molecule has 0 spiro atoms. The number of carbonyl (C=O) groups is 2. The molecule has 3 N–H and O–H groups in total. The molecule has 0 bridgehead atoms. The van der Waals surface area contributed by atoms with Crippen LogP contribution in [0, 0.1) is 11.8 Å². The van der Waals surface area contributed by atoms with E-state index in [1.165, 1.54) is 0 Å². The van der Waals surface area contributed by atoms with Crippen LogP contribution in [0.25, 0.3) is 0 Å². The zero-order valence-electron chi connectivity index (χ0n) is 11.6. The van der Waals surface area contributed by atoms with Gasteiger partial charge in [-0.1, -0.05) is 13.8 Å². The van der Waals surface area contributed by atoms with Crippen molar-refractivity contribution in [1.82, 2.24) is 10.6 Å². The molecule has 2 amide bonds. The van der Waals surface area contributed by atoms with E-state index in [2.05, 4.69) is 10.6 Å². The zero-order chi connectivity index (χ0) is 15.8. The van der Waals surface area contributed by atoms with E-state index < -0.39 is 31.1 Å². The molecule has 8 heteroatoms. The highest BCUT2D eigenvalue weighted by Crippen LogP contribution is 2.18. The van der Waals surface area contributed by atoms with Gasteiger partial charge in [0, 0.05) is 19.5 Å². The molecule has 20 heavy (non-hydrogen) atoms. The first-order chi connectivity index (χ1) is 9.10. The van der Waals surface area contributed by atoms with E-state index in [0.29, 0.717) is 6.42 Å².